The fraction of sp³-hybridized carbons (Fsp3) is 0.667. The van der Waals surface area contributed by atoms with Gasteiger partial charge in [-0.1, -0.05) is 19.9 Å². The molecule has 0 aromatic carbocycles. The maximum atomic E-state index is 11.5. The average Bonchev–Trinajstić information content (AvgIpc) is 2.35. The van der Waals surface area contributed by atoms with Gasteiger partial charge in [0.2, 0.25) is 5.91 Å². The number of carbonyl (C=O) groups excluding carboxylic acids is 2. The second-order valence-electron chi connectivity index (χ2n) is 6.18. The van der Waals surface area contributed by atoms with Gasteiger partial charge >= 0.3 is 29.6 Å². The predicted octanol–water partition coefficient (Wildman–Crippen LogP) is -3.73. The molecular formula is C15H25N4NaO3. The SMILES string of the molecule is CC(=O)N[C@@H](CC(C)C)[C@@H]1CC=C(C(=O)[O-])C[C@H]1N=C(N)N.[Na+]. The van der Waals surface area contributed by atoms with Crippen LogP contribution in [0.4, 0.5) is 0 Å². The molecule has 23 heavy (non-hydrogen) atoms. The minimum Gasteiger partial charge on any atom is -0.545 e. The van der Waals surface area contributed by atoms with Gasteiger partial charge in [-0.25, -0.2) is 4.99 Å². The molecule has 0 fully saturated rings. The second kappa shape index (κ2) is 9.95. The standard InChI is InChI=1S/C15H26N4O3.Na/c1-8(2)6-12(18-9(3)20)11-5-4-10(14(21)22)7-13(11)19-15(16)17;/h4,8,11-13H,5-7H2,1-3H3,(H,18,20)(H,21,22)(H4,16,17,19);/q;+1/p-1/t11-,12-,13+;/m0./s1. The number of carboxylic acids is 1. The molecule has 0 aliphatic heterocycles. The van der Waals surface area contributed by atoms with Gasteiger partial charge in [-0.05, 0) is 30.8 Å². The molecule has 0 aromatic rings. The van der Waals surface area contributed by atoms with Gasteiger partial charge < -0.3 is 26.7 Å². The summed E-state index contributed by atoms with van der Waals surface area (Å²) in [7, 11) is 0. The van der Waals surface area contributed by atoms with Crippen LogP contribution in [0.2, 0.25) is 0 Å². The van der Waals surface area contributed by atoms with Crippen molar-refractivity contribution >= 4 is 17.8 Å². The molecule has 7 nitrogen and oxygen atoms in total. The number of nitrogens with zero attached hydrogens (tertiary/aromatic N) is 1. The molecule has 0 aromatic heterocycles. The molecule has 1 rings (SSSR count). The van der Waals surface area contributed by atoms with E-state index in [-0.39, 0.29) is 71.4 Å². The van der Waals surface area contributed by atoms with Crippen LogP contribution >= 0.6 is 0 Å². The number of carboxylic acid groups (broad SMARTS) is 1. The van der Waals surface area contributed by atoms with Crippen LogP contribution in [0.15, 0.2) is 16.6 Å². The Balaban J connectivity index is 0.00000484. The van der Waals surface area contributed by atoms with Crippen LogP contribution in [-0.2, 0) is 9.59 Å². The first-order chi connectivity index (χ1) is 10.2. The van der Waals surface area contributed by atoms with E-state index in [1.165, 1.54) is 6.92 Å². The fourth-order valence-corrected chi connectivity index (χ4v) is 2.94. The Morgan fingerprint density at radius 2 is 2.04 bits per heavy atom. The smallest absolute Gasteiger partial charge is 0.545 e. The summed E-state index contributed by atoms with van der Waals surface area (Å²) >= 11 is 0. The molecule has 0 unspecified atom stereocenters. The maximum Gasteiger partial charge on any atom is 1.00 e. The number of nitrogens with two attached hydrogens (primary N) is 2. The van der Waals surface area contributed by atoms with Crippen molar-refractivity contribution in [2.24, 2.45) is 28.3 Å². The average molecular weight is 332 g/mol. The number of allylic oxidation sites excluding steroid dienone is 1. The largest absolute Gasteiger partial charge is 1.00 e. The zero-order chi connectivity index (χ0) is 16.9. The summed E-state index contributed by atoms with van der Waals surface area (Å²) in [6.45, 7) is 5.60. The summed E-state index contributed by atoms with van der Waals surface area (Å²) in [6, 6.07) is -0.483. The molecule has 0 heterocycles. The van der Waals surface area contributed by atoms with E-state index in [4.69, 9.17) is 11.5 Å². The van der Waals surface area contributed by atoms with Crippen molar-refractivity contribution in [2.75, 3.05) is 0 Å². The Morgan fingerprint density at radius 3 is 2.48 bits per heavy atom. The predicted molar refractivity (Wildman–Crippen MR) is 82.5 cm³/mol. The third-order valence-electron chi connectivity index (χ3n) is 3.77. The third-order valence-corrected chi connectivity index (χ3v) is 3.77. The van der Waals surface area contributed by atoms with Crippen LogP contribution in [0.5, 0.6) is 0 Å². The van der Waals surface area contributed by atoms with Crippen LogP contribution < -0.4 is 51.4 Å². The van der Waals surface area contributed by atoms with Gasteiger partial charge in [0.25, 0.3) is 0 Å². The Hall–Kier alpha value is -1.05. The zero-order valence-corrected chi connectivity index (χ0v) is 16.3. The first kappa shape index (κ1) is 21.9. The summed E-state index contributed by atoms with van der Waals surface area (Å²) in [5.41, 5.74) is 11.1. The van der Waals surface area contributed by atoms with E-state index in [1.807, 2.05) is 0 Å². The van der Waals surface area contributed by atoms with Crippen LogP contribution in [0, 0.1) is 11.8 Å². The summed E-state index contributed by atoms with van der Waals surface area (Å²) < 4.78 is 0. The van der Waals surface area contributed by atoms with Crippen LogP contribution in [0.3, 0.4) is 0 Å². The molecule has 0 bridgehead atoms. The zero-order valence-electron chi connectivity index (χ0n) is 14.3. The van der Waals surface area contributed by atoms with Gasteiger partial charge in [0.05, 0.1) is 12.0 Å². The van der Waals surface area contributed by atoms with Crippen molar-refractivity contribution in [3.8, 4) is 0 Å². The fourth-order valence-electron chi connectivity index (χ4n) is 2.94. The van der Waals surface area contributed by atoms with Crippen molar-refractivity contribution in [1.29, 1.82) is 0 Å². The van der Waals surface area contributed by atoms with Crippen molar-refractivity contribution in [3.63, 3.8) is 0 Å². The van der Waals surface area contributed by atoms with Crippen molar-refractivity contribution in [2.45, 2.75) is 52.1 Å². The van der Waals surface area contributed by atoms with Gasteiger partial charge in [0.1, 0.15) is 0 Å². The molecule has 1 aliphatic carbocycles. The number of aliphatic imine (C=N–C) groups is 1. The molecule has 1 aliphatic rings. The molecule has 0 radical (unpaired) electrons. The quantitative estimate of drug-likeness (QED) is 0.261. The normalized spacial score (nSPS) is 21.7. The molecular weight excluding hydrogens is 307 g/mol. The monoisotopic (exact) mass is 332 g/mol. The first-order valence-electron chi connectivity index (χ1n) is 7.47. The van der Waals surface area contributed by atoms with E-state index in [0.717, 1.165) is 6.42 Å². The Bertz CT molecular complexity index is 487. The van der Waals surface area contributed by atoms with Crippen LogP contribution in [0.25, 0.3) is 0 Å². The van der Waals surface area contributed by atoms with Gasteiger partial charge in [-0.3, -0.25) is 4.79 Å². The van der Waals surface area contributed by atoms with E-state index in [0.29, 0.717) is 12.3 Å². The minimum absolute atomic E-state index is 0. The van der Waals surface area contributed by atoms with E-state index < -0.39 is 5.97 Å². The van der Waals surface area contributed by atoms with E-state index in [9.17, 15) is 14.7 Å². The summed E-state index contributed by atoms with van der Waals surface area (Å²) in [4.78, 5) is 26.7. The number of aliphatic carboxylic acids is 1. The Labute approximate surface area is 159 Å². The minimum atomic E-state index is -1.20. The molecule has 1 amide bonds. The number of hydrogen-bond donors (Lipinski definition) is 3. The molecule has 0 spiro atoms. The van der Waals surface area contributed by atoms with Gasteiger partial charge in [-0.15, -0.1) is 0 Å². The number of nitrogens with one attached hydrogen (secondary N) is 1. The number of guanidine groups is 1. The van der Waals surface area contributed by atoms with Crippen molar-refractivity contribution < 1.29 is 44.3 Å². The van der Waals surface area contributed by atoms with Gasteiger partial charge in [0.15, 0.2) is 5.96 Å². The number of carbonyl (C=O) groups is 2. The Morgan fingerprint density at radius 1 is 1.43 bits per heavy atom. The molecule has 124 valence electrons. The van der Waals surface area contributed by atoms with E-state index in [1.54, 1.807) is 6.08 Å². The summed E-state index contributed by atoms with van der Waals surface area (Å²) in [6.07, 6.45) is 3.12. The van der Waals surface area contributed by atoms with Crippen molar-refractivity contribution in [3.05, 3.63) is 11.6 Å². The molecule has 0 saturated heterocycles. The number of hydrogen-bond acceptors (Lipinski definition) is 4. The summed E-state index contributed by atoms with van der Waals surface area (Å²) in [5.74, 6) is -1.07. The first-order valence-corrected chi connectivity index (χ1v) is 7.47. The van der Waals surface area contributed by atoms with Crippen LogP contribution in [0.1, 0.15) is 40.0 Å². The third kappa shape index (κ3) is 7.37. The molecule has 3 atom stereocenters. The molecule has 8 heteroatoms. The number of rotatable bonds is 6. The summed E-state index contributed by atoms with van der Waals surface area (Å²) in [5, 5.41) is 14.0. The van der Waals surface area contributed by atoms with Gasteiger partial charge in [-0.2, -0.15) is 0 Å². The van der Waals surface area contributed by atoms with E-state index in [2.05, 4.69) is 24.2 Å². The van der Waals surface area contributed by atoms with E-state index >= 15 is 0 Å². The molecule has 5 N–H and O–H groups in total. The Kier molecular flexibility index (Phi) is 9.49. The van der Waals surface area contributed by atoms with Crippen molar-refractivity contribution in [1.82, 2.24) is 5.32 Å². The topological polar surface area (TPSA) is 134 Å². The second-order valence-corrected chi connectivity index (χ2v) is 6.18. The maximum absolute atomic E-state index is 11.5. The number of amides is 1. The molecule has 0 saturated carbocycles. The van der Waals surface area contributed by atoms with Gasteiger partial charge in [0, 0.05) is 18.9 Å². The van der Waals surface area contributed by atoms with Crippen LogP contribution in [-0.4, -0.2) is 29.9 Å².